The third kappa shape index (κ3) is 2.00. The van der Waals surface area contributed by atoms with Gasteiger partial charge in [0.15, 0.2) is 0 Å². The van der Waals surface area contributed by atoms with Crippen molar-refractivity contribution in [1.29, 1.82) is 0 Å². The van der Waals surface area contributed by atoms with Gasteiger partial charge in [-0.05, 0) is 0 Å². The van der Waals surface area contributed by atoms with E-state index >= 15 is 0 Å². The summed E-state index contributed by atoms with van der Waals surface area (Å²) >= 11 is 12.0. The molecule has 0 saturated carbocycles. The number of hydrogen-bond acceptors (Lipinski definition) is 3. The Labute approximate surface area is 82.1 Å². The van der Waals surface area contributed by atoms with Crippen molar-refractivity contribution < 1.29 is 8.42 Å². The SMILES string of the molecule is O=S(=O)(Cl)c1csc(Cl)c1Cl. The topological polar surface area (TPSA) is 34.1 Å². The maximum atomic E-state index is 10.7. The number of halogens is 3. The summed E-state index contributed by atoms with van der Waals surface area (Å²) in [5, 5.41) is 1.29. The van der Waals surface area contributed by atoms with Crippen molar-refractivity contribution in [2.75, 3.05) is 0 Å². The van der Waals surface area contributed by atoms with Crippen LogP contribution in [0.5, 0.6) is 0 Å². The molecule has 0 saturated heterocycles. The highest BCUT2D eigenvalue weighted by Crippen LogP contribution is 2.36. The largest absolute Gasteiger partial charge is 0.263 e. The highest BCUT2D eigenvalue weighted by molar-refractivity contribution is 8.14. The van der Waals surface area contributed by atoms with Crippen molar-refractivity contribution in [1.82, 2.24) is 0 Å². The summed E-state index contributed by atoms with van der Waals surface area (Å²) in [6.07, 6.45) is 0. The average Bonchev–Trinajstić information content (AvgIpc) is 2.11. The summed E-state index contributed by atoms with van der Waals surface area (Å²) in [5.74, 6) is 0. The summed E-state index contributed by atoms with van der Waals surface area (Å²) in [6.45, 7) is 0. The van der Waals surface area contributed by atoms with Crippen LogP contribution in [0.15, 0.2) is 10.3 Å². The quantitative estimate of drug-likeness (QED) is 0.719. The molecule has 0 aliphatic heterocycles. The fourth-order valence-corrected chi connectivity index (χ4v) is 3.52. The van der Waals surface area contributed by atoms with Crippen molar-refractivity contribution in [3.63, 3.8) is 0 Å². The molecule has 2 nitrogen and oxygen atoms in total. The first-order valence-electron chi connectivity index (χ1n) is 2.30. The van der Waals surface area contributed by atoms with Gasteiger partial charge in [-0.2, -0.15) is 0 Å². The minimum atomic E-state index is -3.75. The molecule has 0 spiro atoms. The molecule has 0 N–H and O–H groups in total. The van der Waals surface area contributed by atoms with Crippen molar-refractivity contribution in [2.45, 2.75) is 4.90 Å². The molecule has 0 fully saturated rings. The Morgan fingerprint density at radius 1 is 1.36 bits per heavy atom. The van der Waals surface area contributed by atoms with E-state index in [1.807, 2.05) is 0 Å². The monoisotopic (exact) mass is 250 g/mol. The third-order valence-corrected chi connectivity index (χ3v) is 4.35. The van der Waals surface area contributed by atoms with Crippen LogP contribution in [-0.4, -0.2) is 8.42 Å². The van der Waals surface area contributed by atoms with Gasteiger partial charge in [0.25, 0.3) is 9.05 Å². The van der Waals surface area contributed by atoms with Crippen LogP contribution in [-0.2, 0) is 9.05 Å². The van der Waals surface area contributed by atoms with E-state index in [4.69, 9.17) is 33.9 Å². The van der Waals surface area contributed by atoms with E-state index in [0.29, 0.717) is 0 Å². The lowest BCUT2D eigenvalue weighted by molar-refractivity contribution is 0.610. The summed E-state index contributed by atoms with van der Waals surface area (Å²) in [5.41, 5.74) is 0. The Kier molecular flexibility index (Phi) is 2.71. The zero-order valence-electron chi connectivity index (χ0n) is 4.84. The van der Waals surface area contributed by atoms with Gasteiger partial charge in [-0.1, -0.05) is 23.2 Å². The Bertz CT molecular complexity index is 367. The van der Waals surface area contributed by atoms with Crippen LogP contribution in [0.1, 0.15) is 0 Å². The number of hydrogen-bond donors (Lipinski definition) is 0. The van der Waals surface area contributed by atoms with Gasteiger partial charge in [0.1, 0.15) is 9.23 Å². The molecule has 1 aromatic rings. The van der Waals surface area contributed by atoms with Crippen LogP contribution in [0.25, 0.3) is 0 Å². The molecule has 0 amide bonds. The fourth-order valence-electron chi connectivity index (χ4n) is 0.470. The van der Waals surface area contributed by atoms with Crippen molar-refractivity contribution in [3.8, 4) is 0 Å². The molecule has 0 radical (unpaired) electrons. The van der Waals surface area contributed by atoms with Crippen LogP contribution in [0, 0.1) is 0 Å². The molecular formula is C4HCl3O2S2. The Balaban J connectivity index is 3.38. The van der Waals surface area contributed by atoms with Gasteiger partial charge in [0.2, 0.25) is 0 Å². The number of thiophene rings is 1. The molecule has 1 aromatic heterocycles. The van der Waals surface area contributed by atoms with Gasteiger partial charge >= 0.3 is 0 Å². The second kappa shape index (κ2) is 3.11. The van der Waals surface area contributed by atoms with E-state index in [9.17, 15) is 8.42 Å². The lowest BCUT2D eigenvalue weighted by Crippen LogP contribution is -1.86. The first-order chi connectivity index (χ1) is 4.93. The normalized spacial score (nSPS) is 11.9. The molecule has 62 valence electrons. The first kappa shape index (κ1) is 9.61. The minimum Gasteiger partial charge on any atom is -0.207 e. The molecule has 0 atom stereocenters. The van der Waals surface area contributed by atoms with Crippen molar-refractivity contribution in [2.24, 2.45) is 0 Å². The van der Waals surface area contributed by atoms with E-state index in [2.05, 4.69) is 0 Å². The van der Waals surface area contributed by atoms with Crippen molar-refractivity contribution in [3.05, 3.63) is 14.7 Å². The minimum absolute atomic E-state index is 0.00772. The van der Waals surface area contributed by atoms with E-state index in [-0.39, 0.29) is 14.3 Å². The van der Waals surface area contributed by atoms with E-state index in [0.717, 1.165) is 11.3 Å². The Morgan fingerprint density at radius 3 is 2.09 bits per heavy atom. The second-order valence-electron chi connectivity index (χ2n) is 1.63. The van der Waals surface area contributed by atoms with Gasteiger partial charge in [-0.3, -0.25) is 0 Å². The highest BCUT2D eigenvalue weighted by Gasteiger charge is 2.18. The number of rotatable bonds is 1. The van der Waals surface area contributed by atoms with Crippen molar-refractivity contribution >= 4 is 54.3 Å². The summed E-state index contributed by atoms with van der Waals surface area (Å²) in [6, 6.07) is 0. The molecule has 11 heavy (non-hydrogen) atoms. The molecule has 0 bridgehead atoms. The van der Waals surface area contributed by atoms with Gasteiger partial charge < -0.3 is 0 Å². The molecule has 7 heteroatoms. The Hall–Kier alpha value is 0.520. The maximum Gasteiger partial charge on any atom is 0.263 e. The van der Waals surface area contributed by atoms with Gasteiger partial charge in [-0.25, -0.2) is 8.42 Å². The molecule has 1 rings (SSSR count). The third-order valence-electron chi connectivity index (χ3n) is 0.921. The first-order valence-corrected chi connectivity index (χ1v) is 6.24. The summed E-state index contributed by atoms with van der Waals surface area (Å²) < 4.78 is 21.6. The maximum absolute atomic E-state index is 10.7. The van der Waals surface area contributed by atoms with Crippen LogP contribution in [0.4, 0.5) is 0 Å². The van der Waals surface area contributed by atoms with Gasteiger partial charge in [0.05, 0.1) is 5.02 Å². The predicted octanol–water partition coefficient (Wildman–Crippen LogP) is 2.98. The molecule has 0 unspecified atom stereocenters. The molecule has 0 aromatic carbocycles. The summed E-state index contributed by atoms with van der Waals surface area (Å²) in [4.78, 5) is -0.129. The predicted molar refractivity (Wildman–Crippen MR) is 47.4 cm³/mol. The Morgan fingerprint density at radius 2 is 1.91 bits per heavy atom. The van der Waals surface area contributed by atoms with Gasteiger partial charge in [-0.15, -0.1) is 11.3 Å². The zero-order chi connectivity index (χ0) is 8.65. The van der Waals surface area contributed by atoms with Crippen LogP contribution in [0.3, 0.4) is 0 Å². The standard InChI is InChI=1S/C4HCl3O2S2/c5-3-2(11(7,8)9)1-10-4(3)6/h1H. The smallest absolute Gasteiger partial charge is 0.207 e. The molecule has 1 heterocycles. The van der Waals surface area contributed by atoms with Gasteiger partial charge in [0, 0.05) is 16.1 Å². The van der Waals surface area contributed by atoms with Crippen LogP contribution in [0.2, 0.25) is 9.36 Å². The lowest BCUT2D eigenvalue weighted by atomic mass is 10.7. The molecule has 0 aliphatic rings. The van der Waals surface area contributed by atoms with Crippen LogP contribution < -0.4 is 0 Å². The van der Waals surface area contributed by atoms with E-state index in [1.54, 1.807) is 0 Å². The fraction of sp³-hybridized carbons (Fsp3) is 0. The van der Waals surface area contributed by atoms with E-state index < -0.39 is 9.05 Å². The lowest BCUT2D eigenvalue weighted by Gasteiger charge is -1.89. The molecule has 0 aliphatic carbocycles. The highest BCUT2D eigenvalue weighted by atomic mass is 35.7. The summed E-state index contributed by atoms with van der Waals surface area (Å²) in [7, 11) is 1.27. The average molecular weight is 252 g/mol. The zero-order valence-corrected chi connectivity index (χ0v) is 8.75. The molecular weight excluding hydrogens is 251 g/mol. The second-order valence-corrected chi connectivity index (χ2v) is 6.02. The van der Waals surface area contributed by atoms with Crippen LogP contribution >= 0.6 is 45.2 Å². The van der Waals surface area contributed by atoms with E-state index in [1.165, 1.54) is 5.38 Å².